The molecule has 0 unspecified atom stereocenters. The van der Waals surface area contributed by atoms with Crippen LogP contribution in [0.5, 0.6) is 0 Å². The third-order valence-corrected chi connectivity index (χ3v) is 3.22. The zero-order valence-electron chi connectivity index (χ0n) is 11.6. The van der Waals surface area contributed by atoms with Crippen molar-refractivity contribution in [3.8, 4) is 5.69 Å². The molecule has 19 heavy (non-hydrogen) atoms. The summed E-state index contributed by atoms with van der Waals surface area (Å²) in [7, 11) is 1.71. The van der Waals surface area contributed by atoms with Crippen molar-refractivity contribution in [2.24, 2.45) is 5.92 Å². The molecule has 1 aromatic heterocycles. The Balaban J connectivity index is 2.37. The molecule has 0 amide bonds. The van der Waals surface area contributed by atoms with Crippen LogP contribution in [0.3, 0.4) is 0 Å². The van der Waals surface area contributed by atoms with Gasteiger partial charge in [-0.2, -0.15) is 5.10 Å². The summed E-state index contributed by atoms with van der Waals surface area (Å²) in [4.78, 5) is 0. The molecule has 2 aromatic rings. The molecule has 2 rings (SSSR count). The summed E-state index contributed by atoms with van der Waals surface area (Å²) in [5.41, 5.74) is 3.45. The van der Waals surface area contributed by atoms with Crippen LogP contribution in [0.25, 0.3) is 5.69 Å². The average molecular weight is 323 g/mol. The van der Waals surface area contributed by atoms with E-state index in [0.717, 1.165) is 22.3 Å². The van der Waals surface area contributed by atoms with E-state index < -0.39 is 0 Å². The highest BCUT2D eigenvalue weighted by molar-refractivity contribution is 9.10. The van der Waals surface area contributed by atoms with E-state index in [9.17, 15) is 0 Å². The van der Waals surface area contributed by atoms with E-state index in [1.807, 2.05) is 10.7 Å². The first-order valence-corrected chi connectivity index (χ1v) is 7.22. The second-order valence-electron chi connectivity index (χ2n) is 5.07. The zero-order chi connectivity index (χ0) is 13.8. The number of halogens is 1. The standard InChI is InChI=1S/C15H19BrN2O/c1-11(2)7-14-9-15(16)17-18(14)13-6-4-5-12(8-13)10-19-3/h4-6,8-9,11H,7,10H2,1-3H3. The molecule has 0 saturated heterocycles. The molecule has 0 atom stereocenters. The lowest BCUT2D eigenvalue weighted by Crippen LogP contribution is -2.05. The topological polar surface area (TPSA) is 27.1 Å². The monoisotopic (exact) mass is 322 g/mol. The molecule has 1 heterocycles. The molecule has 4 heteroatoms. The van der Waals surface area contributed by atoms with Gasteiger partial charge in [0.05, 0.1) is 12.3 Å². The van der Waals surface area contributed by atoms with Crippen molar-refractivity contribution in [3.05, 3.63) is 46.2 Å². The van der Waals surface area contributed by atoms with E-state index >= 15 is 0 Å². The number of hydrogen-bond acceptors (Lipinski definition) is 2. The molecule has 3 nitrogen and oxygen atoms in total. The smallest absolute Gasteiger partial charge is 0.128 e. The molecule has 102 valence electrons. The van der Waals surface area contributed by atoms with Gasteiger partial charge >= 0.3 is 0 Å². The number of methoxy groups -OCH3 is 1. The maximum Gasteiger partial charge on any atom is 0.128 e. The van der Waals surface area contributed by atoms with Crippen molar-refractivity contribution in [2.75, 3.05) is 7.11 Å². The first kappa shape index (κ1) is 14.3. The first-order valence-electron chi connectivity index (χ1n) is 6.43. The van der Waals surface area contributed by atoms with Crippen molar-refractivity contribution in [1.82, 2.24) is 9.78 Å². The van der Waals surface area contributed by atoms with Crippen LogP contribution in [0.2, 0.25) is 0 Å². The molecule has 0 aliphatic heterocycles. The van der Waals surface area contributed by atoms with Crippen molar-refractivity contribution in [3.63, 3.8) is 0 Å². The summed E-state index contributed by atoms with van der Waals surface area (Å²) in [6.07, 6.45) is 1.01. The van der Waals surface area contributed by atoms with Crippen LogP contribution >= 0.6 is 15.9 Å². The van der Waals surface area contributed by atoms with E-state index in [1.165, 1.54) is 5.69 Å². The SMILES string of the molecule is COCc1cccc(-n2nc(Br)cc2CC(C)C)c1. The summed E-state index contributed by atoms with van der Waals surface area (Å²) in [5.74, 6) is 0.601. The van der Waals surface area contributed by atoms with Gasteiger partial charge in [-0.1, -0.05) is 26.0 Å². The Labute approximate surface area is 122 Å². The Hall–Kier alpha value is -1.13. The lowest BCUT2D eigenvalue weighted by molar-refractivity contribution is 0.185. The first-order chi connectivity index (χ1) is 9.10. The summed E-state index contributed by atoms with van der Waals surface area (Å²) < 4.78 is 8.06. The molecule has 1 aromatic carbocycles. The van der Waals surface area contributed by atoms with Crippen LogP contribution in [0.1, 0.15) is 25.1 Å². The third-order valence-electron chi connectivity index (χ3n) is 2.84. The van der Waals surface area contributed by atoms with Crippen LogP contribution in [0.4, 0.5) is 0 Å². The predicted molar refractivity (Wildman–Crippen MR) is 80.5 cm³/mol. The average Bonchev–Trinajstić information content (AvgIpc) is 2.70. The van der Waals surface area contributed by atoms with E-state index in [2.05, 4.69) is 59.1 Å². The van der Waals surface area contributed by atoms with Crippen molar-refractivity contribution in [1.29, 1.82) is 0 Å². The molecule has 0 aliphatic rings. The van der Waals surface area contributed by atoms with Gasteiger partial charge in [0.2, 0.25) is 0 Å². The highest BCUT2D eigenvalue weighted by Crippen LogP contribution is 2.20. The Kier molecular flexibility index (Phi) is 4.77. The van der Waals surface area contributed by atoms with Crippen LogP contribution < -0.4 is 0 Å². The lowest BCUT2D eigenvalue weighted by Gasteiger charge is -2.10. The van der Waals surface area contributed by atoms with Gasteiger partial charge in [0.1, 0.15) is 4.60 Å². The van der Waals surface area contributed by atoms with Crippen molar-refractivity contribution < 1.29 is 4.74 Å². The van der Waals surface area contributed by atoms with Gasteiger partial charge in [-0.15, -0.1) is 0 Å². The molecule has 0 spiro atoms. The molecule has 0 N–H and O–H groups in total. The number of benzene rings is 1. The van der Waals surface area contributed by atoms with Gasteiger partial charge in [-0.25, -0.2) is 4.68 Å². The van der Waals surface area contributed by atoms with Crippen LogP contribution in [-0.2, 0) is 17.8 Å². The van der Waals surface area contributed by atoms with E-state index in [0.29, 0.717) is 12.5 Å². The predicted octanol–water partition coefficient (Wildman–Crippen LogP) is 3.98. The second-order valence-corrected chi connectivity index (χ2v) is 5.88. The number of aromatic nitrogens is 2. The number of hydrogen-bond donors (Lipinski definition) is 0. The normalized spacial score (nSPS) is 11.2. The maximum absolute atomic E-state index is 5.18. The molecule has 0 bridgehead atoms. The van der Waals surface area contributed by atoms with Gasteiger partial charge < -0.3 is 4.74 Å². The molecular weight excluding hydrogens is 304 g/mol. The molecular formula is C15H19BrN2O. The van der Waals surface area contributed by atoms with Crippen LogP contribution in [0.15, 0.2) is 34.9 Å². The molecule has 0 aliphatic carbocycles. The largest absolute Gasteiger partial charge is 0.380 e. The highest BCUT2D eigenvalue weighted by Gasteiger charge is 2.10. The summed E-state index contributed by atoms with van der Waals surface area (Å²) in [5, 5.41) is 4.53. The quantitative estimate of drug-likeness (QED) is 0.832. The van der Waals surface area contributed by atoms with Crippen LogP contribution in [-0.4, -0.2) is 16.9 Å². The fraction of sp³-hybridized carbons (Fsp3) is 0.400. The minimum absolute atomic E-state index is 0.601. The Morgan fingerprint density at radius 2 is 2.11 bits per heavy atom. The Morgan fingerprint density at radius 1 is 1.32 bits per heavy atom. The summed E-state index contributed by atoms with van der Waals surface area (Å²) in [6, 6.07) is 10.4. The van der Waals surface area contributed by atoms with E-state index in [4.69, 9.17) is 4.74 Å². The fourth-order valence-corrected chi connectivity index (χ4v) is 2.54. The van der Waals surface area contributed by atoms with E-state index in [-0.39, 0.29) is 0 Å². The number of nitrogens with zero attached hydrogens (tertiary/aromatic N) is 2. The number of ether oxygens (including phenoxy) is 1. The molecule has 0 radical (unpaired) electrons. The van der Waals surface area contributed by atoms with Gasteiger partial charge in [-0.3, -0.25) is 0 Å². The lowest BCUT2D eigenvalue weighted by atomic mass is 10.1. The van der Waals surface area contributed by atoms with Gasteiger partial charge in [0.25, 0.3) is 0 Å². The second kappa shape index (κ2) is 6.35. The summed E-state index contributed by atoms with van der Waals surface area (Å²) in [6.45, 7) is 5.05. The minimum Gasteiger partial charge on any atom is -0.380 e. The van der Waals surface area contributed by atoms with Crippen molar-refractivity contribution >= 4 is 15.9 Å². The number of rotatable bonds is 5. The fourth-order valence-electron chi connectivity index (χ4n) is 2.12. The van der Waals surface area contributed by atoms with Gasteiger partial charge in [0.15, 0.2) is 0 Å². The van der Waals surface area contributed by atoms with Gasteiger partial charge in [-0.05, 0) is 52.0 Å². The van der Waals surface area contributed by atoms with Crippen LogP contribution in [0, 0.1) is 5.92 Å². The zero-order valence-corrected chi connectivity index (χ0v) is 13.1. The maximum atomic E-state index is 5.18. The Morgan fingerprint density at radius 3 is 2.79 bits per heavy atom. The van der Waals surface area contributed by atoms with Gasteiger partial charge in [0, 0.05) is 12.8 Å². The Bertz CT molecular complexity index is 549. The highest BCUT2D eigenvalue weighted by atomic mass is 79.9. The van der Waals surface area contributed by atoms with E-state index in [1.54, 1.807) is 7.11 Å². The molecule has 0 fully saturated rings. The minimum atomic E-state index is 0.601. The van der Waals surface area contributed by atoms with Crippen molar-refractivity contribution in [2.45, 2.75) is 26.9 Å². The summed E-state index contributed by atoms with van der Waals surface area (Å²) >= 11 is 3.46. The third kappa shape index (κ3) is 3.67. The molecule has 0 saturated carbocycles.